The van der Waals surface area contributed by atoms with Gasteiger partial charge in [0.25, 0.3) is 0 Å². The van der Waals surface area contributed by atoms with E-state index in [4.69, 9.17) is 0 Å². The maximum absolute atomic E-state index is 13.1. The van der Waals surface area contributed by atoms with Crippen LogP contribution in [0.4, 0.5) is 0 Å². The highest BCUT2D eigenvalue weighted by molar-refractivity contribution is 7.88. The average molecular weight is 345 g/mol. The molecule has 1 aromatic heterocycles. The number of nitrogens with zero attached hydrogens (tertiary/aromatic N) is 3. The molecule has 2 aliphatic rings. The van der Waals surface area contributed by atoms with Crippen LogP contribution in [-0.4, -0.2) is 54.3 Å². The molecule has 2 atom stereocenters. The van der Waals surface area contributed by atoms with Crippen molar-refractivity contribution >= 4 is 20.9 Å². The number of fused-ring (bicyclic) bond motifs is 2. The second kappa shape index (κ2) is 6.10. The largest absolute Gasteiger partial charge is 0.297 e. The van der Waals surface area contributed by atoms with Crippen LogP contribution in [-0.2, 0) is 15.8 Å². The summed E-state index contributed by atoms with van der Waals surface area (Å²) < 4.78 is 27.9. The van der Waals surface area contributed by atoms with E-state index >= 15 is 0 Å². The van der Waals surface area contributed by atoms with Gasteiger partial charge in [0.2, 0.25) is 10.0 Å². The van der Waals surface area contributed by atoms with Crippen LogP contribution in [0.2, 0.25) is 0 Å². The van der Waals surface area contributed by atoms with Crippen molar-refractivity contribution in [1.82, 2.24) is 14.2 Å². The lowest BCUT2D eigenvalue weighted by atomic mass is 10.1. The second-order valence-corrected chi connectivity index (χ2v) is 8.88. The normalized spacial score (nSPS) is 25.9. The summed E-state index contributed by atoms with van der Waals surface area (Å²) in [5, 5.41) is 0.985. The zero-order valence-electron chi connectivity index (χ0n) is 13.9. The SMILES string of the molecule is C[C@H]1CN2CCC[C@@H]2CN1S(=O)(=O)Cc1cccc2cccnc12. The van der Waals surface area contributed by atoms with Gasteiger partial charge in [0.15, 0.2) is 0 Å². The van der Waals surface area contributed by atoms with Crippen molar-refractivity contribution < 1.29 is 8.42 Å². The lowest BCUT2D eigenvalue weighted by molar-refractivity contribution is 0.117. The molecule has 128 valence electrons. The van der Waals surface area contributed by atoms with Crippen molar-refractivity contribution in [3.8, 4) is 0 Å². The Morgan fingerprint density at radius 1 is 1.21 bits per heavy atom. The standard InChI is InChI=1S/C18H23N3O2S/c1-14-11-20-10-4-8-17(20)12-21(14)24(22,23)13-16-6-2-5-15-7-3-9-19-18(15)16/h2-3,5-7,9,14,17H,4,8,10-13H2,1H3/t14-,17+/m0/s1. The van der Waals surface area contributed by atoms with Crippen molar-refractivity contribution in [2.24, 2.45) is 0 Å². The van der Waals surface area contributed by atoms with Crippen LogP contribution < -0.4 is 0 Å². The first kappa shape index (κ1) is 16.0. The van der Waals surface area contributed by atoms with E-state index in [1.165, 1.54) is 6.42 Å². The summed E-state index contributed by atoms with van der Waals surface area (Å²) in [5.41, 5.74) is 1.57. The van der Waals surface area contributed by atoms with Crippen LogP contribution in [0, 0.1) is 0 Å². The number of pyridine rings is 1. The summed E-state index contributed by atoms with van der Waals surface area (Å²) in [7, 11) is -3.35. The van der Waals surface area contributed by atoms with Gasteiger partial charge in [0.1, 0.15) is 0 Å². The molecule has 6 heteroatoms. The Balaban J connectivity index is 1.63. The topological polar surface area (TPSA) is 53.5 Å². The summed E-state index contributed by atoms with van der Waals surface area (Å²) in [6, 6.07) is 10.0. The molecule has 2 saturated heterocycles. The van der Waals surface area contributed by atoms with Crippen LogP contribution in [0.25, 0.3) is 10.9 Å². The van der Waals surface area contributed by atoms with Gasteiger partial charge < -0.3 is 0 Å². The number of piperazine rings is 1. The monoisotopic (exact) mass is 345 g/mol. The maximum Gasteiger partial charge on any atom is 0.218 e. The number of hydrogen-bond donors (Lipinski definition) is 0. The van der Waals surface area contributed by atoms with Gasteiger partial charge in [0.05, 0.1) is 11.3 Å². The Kier molecular flexibility index (Phi) is 4.06. The van der Waals surface area contributed by atoms with Gasteiger partial charge in [0, 0.05) is 36.8 Å². The summed E-state index contributed by atoms with van der Waals surface area (Å²) in [5.74, 6) is 0.0262. The molecule has 2 aliphatic heterocycles. The molecule has 24 heavy (non-hydrogen) atoms. The Morgan fingerprint density at radius 3 is 2.92 bits per heavy atom. The summed E-state index contributed by atoms with van der Waals surface area (Å²) in [6.45, 7) is 4.60. The smallest absolute Gasteiger partial charge is 0.218 e. The molecule has 2 fully saturated rings. The minimum absolute atomic E-state index is 0.0262. The summed E-state index contributed by atoms with van der Waals surface area (Å²) >= 11 is 0. The van der Waals surface area contributed by atoms with Gasteiger partial charge in [-0.05, 0) is 37.9 Å². The van der Waals surface area contributed by atoms with E-state index in [0.29, 0.717) is 12.6 Å². The number of rotatable bonds is 3. The first-order valence-corrected chi connectivity index (χ1v) is 10.2. The molecule has 3 heterocycles. The maximum atomic E-state index is 13.1. The molecule has 0 radical (unpaired) electrons. The molecular weight excluding hydrogens is 322 g/mol. The third kappa shape index (κ3) is 2.83. The van der Waals surface area contributed by atoms with Crippen molar-refractivity contribution in [1.29, 1.82) is 0 Å². The molecule has 5 nitrogen and oxygen atoms in total. The zero-order valence-corrected chi connectivity index (χ0v) is 14.7. The number of hydrogen-bond acceptors (Lipinski definition) is 4. The van der Waals surface area contributed by atoms with E-state index in [0.717, 1.165) is 36.0 Å². The van der Waals surface area contributed by atoms with Gasteiger partial charge >= 0.3 is 0 Å². The predicted octanol–water partition coefficient (Wildman–Crippen LogP) is 2.23. The molecule has 0 aliphatic carbocycles. The number of aromatic nitrogens is 1. The number of sulfonamides is 1. The van der Waals surface area contributed by atoms with E-state index in [1.54, 1.807) is 10.5 Å². The van der Waals surface area contributed by atoms with Gasteiger partial charge in [-0.2, -0.15) is 4.31 Å². The fourth-order valence-corrected chi connectivity index (χ4v) is 5.92. The first-order chi connectivity index (χ1) is 11.5. The average Bonchev–Trinajstić information content (AvgIpc) is 3.01. The number of para-hydroxylation sites is 1. The van der Waals surface area contributed by atoms with E-state index in [1.807, 2.05) is 37.3 Å². The third-order valence-corrected chi connectivity index (χ3v) is 7.19. The Morgan fingerprint density at radius 2 is 2.04 bits per heavy atom. The van der Waals surface area contributed by atoms with Crippen molar-refractivity contribution in [2.45, 2.75) is 37.6 Å². The number of benzene rings is 1. The Bertz CT molecular complexity index is 847. The molecule has 4 rings (SSSR count). The molecule has 2 aromatic rings. The quantitative estimate of drug-likeness (QED) is 0.856. The van der Waals surface area contributed by atoms with E-state index in [9.17, 15) is 8.42 Å². The summed E-state index contributed by atoms with van der Waals surface area (Å²) in [6.07, 6.45) is 4.01. The molecular formula is C18H23N3O2S. The highest BCUT2D eigenvalue weighted by Crippen LogP contribution is 2.28. The molecule has 0 amide bonds. The minimum Gasteiger partial charge on any atom is -0.297 e. The minimum atomic E-state index is -3.35. The van der Waals surface area contributed by atoms with Gasteiger partial charge in [-0.15, -0.1) is 0 Å². The van der Waals surface area contributed by atoms with Gasteiger partial charge in [-0.1, -0.05) is 24.3 Å². The second-order valence-electron chi connectivity index (χ2n) is 6.96. The van der Waals surface area contributed by atoms with E-state index in [-0.39, 0.29) is 11.8 Å². The van der Waals surface area contributed by atoms with Crippen molar-refractivity contribution in [2.75, 3.05) is 19.6 Å². The van der Waals surface area contributed by atoms with Crippen molar-refractivity contribution in [3.63, 3.8) is 0 Å². The predicted molar refractivity (Wildman–Crippen MR) is 95.1 cm³/mol. The Labute approximate surface area is 143 Å². The summed E-state index contributed by atoms with van der Waals surface area (Å²) in [4.78, 5) is 6.83. The van der Waals surface area contributed by atoms with Crippen LogP contribution in [0.3, 0.4) is 0 Å². The fraction of sp³-hybridized carbons (Fsp3) is 0.500. The molecule has 0 saturated carbocycles. The first-order valence-electron chi connectivity index (χ1n) is 8.61. The van der Waals surface area contributed by atoms with E-state index < -0.39 is 10.0 Å². The van der Waals surface area contributed by atoms with Crippen LogP contribution in [0.15, 0.2) is 36.5 Å². The van der Waals surface area contributed by atoms with Gasteiger partial charge in [-0.3, -0.25) is 9.88 Å². The highest BCUT2D eigenvalue weighted by Gasteiger charge is 2.39. The van der Waals surface area contributed by atoms with Crippen molar-refractivity contribution in [3.05, 3.63) is 42.1 Å². The molecule has 0 N–H and O–H groups in total. The lowest BCUT2D eigenvalue weighted by Gasteiger charge is -2.41. The van der Waals surface area contributed by atoms with Crippen LogP contribution >= 0.6 is 0 Å². The fourth-order valence-electron chi connectivity index (χ4n) is 4.11. The van der Waals surface area contributed by atoms with E-state index in [2.05, 4.69) is 9.88 Å². The third-order valence-electron chi connectivity index (χ3n) is 5.29. The highest BCUT2D eigenvalue weighted by atomic mass is 32.2. The molecule has 1 aromatic carbocycles. The molecule has 0 spiro atoms. The molecule has 0 unspecified atom stereocenters. The Hall–Kier alpha value is -1.50. The van der Waals surface area contributed by atoms with Gasteiger partial charge in [-0.25, -0.2) is 8.42 Å². The van der Waals surface area contributed by atoms with Crippen LogP contribution in [0.1, 0.15) is 25.3 Å². The molecule has 0 bridgehead atoms. The zero-order chi connectivity index (χ0) is 16.7. The lowest BCUT2D eigenvalue weighted by Crippen LogP contribution is -2.56. The van der Waals surface area contributed by atoms with Crippen LogP contribution in [0.5, 0.6) is 0 Å².